The molecule has 0 bridgehead atoms. The van der Waals surface area contributed by atoms with Crippen molar-refractivity contribution in [2.24, 2.45) is 5.41 Å². The molecule has 0 spiro atoms. The first-order chi connectivity index (χ1) is 14.7. The van der Waals surface area contributed by atoms with E-state index in [9.17, 15) is 9.18 Å². The van der Waals surface area contributed by atoms with Crippen LogP contribution in [-0.2, 0) is 4.79 Å². The number of amides is 1. The Bertz CT molecular complexity index is 1110. The molecule has 164 valence electrons. The van der Waals surface area contributed by atoms with Gasteiger partial charge in [0.2, 0.25) is 5.91 Å². The molecule has 2 atom stereocenters. The minimum absolute atomic E-state index is 0.00958. The van der Waals surface area contributed by atoms with Crippen molar-refractivity contribution in [3.63, 3.8) is 0 Å². The molecular weight excluding hydrogens is 419 g/mol. The van der Waals surface area contributed by atoms with Gasteiger partial charge in [0.15, 0.2) is 17.5 Å². The summed E-state index contributed by atoms with van der Waals surface area (Å²) in [6.07, 6.45) is 7.92. The van der Waals surface area contributed by atoms with Gasteiger partial charge < -0.3 is 15.6 Å². The predicted octanol–water partition coefficient (Wildman–Crippen LogP) is 4.70. The molecule has 1 aliphatic carbocycles. The van der Waals surface area contributed by atoms with Gasteiger partial charge in [-0.1, -0.05) is 32.4 Å². The third-order valence-corrected chi connectivity index (χ3v) is 5.72. The van der Waals surface area contributed by atoms with Crippen LogP contribution in [0.2, 0.25) is 5.02 Å². The molecule has 7 nitrogen and oxygen atoms in total. The topological polar surface area (TPSA) is 95.6 Å². The number of hydrogen-bond donors (Lipinski definition) is 3. The number of aromatic nitrogens is 4. The van der Waals surface area contributed by atoms with Gasteiger partial charge in [0.1, 0.15) is 5.65 Å². The van der Waals surface area contributed by atoms with Crippen molar-refractivity contribution >= 4 is 34.4 Å². The molecule has 0 unspecified atom stereocenters. The van der Waals surface area contributed by atoms with Crippen LogP contribution >= 0.6 is 11.6 Å². The van der Waals surface area contributed by atoms with Crippen LogP contribution in [0.3, 0.4) is 0 Å². The third-order valence-electron chi connectivity index (χ3n) is 5.51. The minimum atomic E-state index is -0.513. The molecule has 4 rings (SSSR count). The lowest BCUT2D eigenvalue weighted by atomic mass is 9.89. The Kier molecular flexibility index (Phi) is 5.83. The van der Waals surface area contributed by atoms with Crippen LogP contribution in [0.4, 0.5) is 10.2 Å². The first-order valence-electron chi connectivity index (χ1n) is 10.4. The highest BCUT2D eigenvalue weighted by atomic mass is 35.5. The zero-order valence-corrected chi connectivity index (χ0v) is 18.6. The summed E-state index contributed by atoms with van der Waals surface area (Å²) >= 11 is 6.08. The molecule has 3 aromatic rings. The Hall–Kier alpha value is -2.74. The molecular formula is C22H26ClFN6O. The first-order valence-corrected chi connectivity index (χ1v) is 10.8. The van der Waals surface area contributed by atoms with Gasteiger partial charge in [0.05, 0.1) is 11.2 Å². The van der Waals surface area contributed by atoms with Crippen LogP contribution in [0.15, 0.2) is 24.7 Å². The van der Waals surface area contributed by atoms with Crippen molar-refractivity contribution in [3.8, 4) is 11.4 Å². The number of nitrogens with one attached hydrogen (secondary N) is 3. The smallest absolute Gasteiger partial charge is 0.225 e. The number of rotatable bonds is 4. The maximum absolute atomic E-state index is 14.5. The second-order valence-electron chi connectivity index (χ2n) is 9.07. The number of anilines is 1. The van der Waals surface area contributed by atoms with Crippen LogP contribution < -0.4 is 10.6 Å². The second-order valence-corrected chi connectivity index (χ2v) is 9.51. The lowest BCUT2D eigenvalue weighted by Gasteiger charge is -2.32. The van der Waals surface area contributed by atoms with E-state index in [2.05, 4.69) is 30.6 Å². The Morgan fingerprint density at radius 2 is 2.00 bits per heavy atom. The Morgan fingerprint density at radius 3 is 2.77 bits per heavy atom. The Balaban J connectivity index is 1.52. The fourth-order valence-corrected chi connectivity index (χ4v) is 3.97. The number of carbonyl (C=O) groups is 1. The maximum Gasteiger partial charge on any atom is 0.225 e. The standard InChI is InChI=1S/C22H26ClFN6O/c1-22(2,3)21(31)29-14-6-4-5-13(8-14)28-20-17(24)11-27-19(30-20)16-10-26-18-15(16)7-12(23)9-25-18/h7,9-11,13-14H,4-6,8H2,1-3H3,(H,25,26)(H,29,31)(H,27,28,30)/t13-,14+/m0/s1. The van der Waals surface area contributed by atoms with Crippen molar-refractivity contribution in [1.29, 1.82) is 0 Å². The van der Waals surface area contributed by atoms with Crippen molar-refractivity contribution < 1.29 is 9.18 Å². The van der Waals surface area contributed by atoms with Crippen LogP contribution in [0.5, 0.6) is 0 Å². The number of H-pyrrole nitrogens is 1. The summed E-state index contributed by atoms with van der Waals surface area (Å²) in [4.78, 5) is 28.2. The van der Waals surface area contributed by atoms with Crippen molar-refractivity contribution in [2.75, 3.05) is 5.32 Å². The summed E-state index contributed by atoms with van der Waals surface area (Å²) in [5, 5.41) is 7.61. The molecule has 1 saturated carbocycles. The summed E-state index contributed by atoms with van der Waals surface area (Å²) in [5.74, 6) is 0.0515. The van der Waals surface area contributed by atoms with E-state index in [4.69, 9.17) is 11.6 Å². The molecule has 9 heteroatoms. The average Bonchev–Trinajstić information content (AvgIpc) is 3.12. The fourth-order valence-electron chi connectivity index (χ4n) is 3.81. The third kappa shape index (κ3) is 4.79. The van der Waals surface area contributed by atoms with Crippen molar-refractivity contribution in [3.05, 3.63) is 35.5 Å². The molecule has 3 N–H and O–H groups in total. The van der Waals surface area contributed by atoms with Crippen LogP contribution in [0.25, 0.3) is 22.4 Å². The lowest BCUT2D eigenvalue weighted by molar-refractivity contribution is -0.129. The quantitative estimate of drug-likeness (QED) is 0.542. The van der Waals surface area contributed by atoms with Gasteiger partial charge in [0, 0.05) is 40.8 Å². The highest BCUT2D eigenvalue weighted by molar-refractivity contribution is 6.31. The Labute approximate surface area is 185 Å². The van der Waals surface area contributed by atoms with E-state index in [1.807, 2.05) is 20.8 Å². The number of aromatic amines is 1. The summed E-state index contributed by atoms with van der Waals surface area (Å²) in [6.45, 7) is 5.68. The maximum atomic E-state index is 14.5. The normalized spacial score (nSPS) is 19.4. The Morgan fingerprint density at radius 1 is 1.23 bits per heavy atom. The molecule has 1 fully saturated rings. The molecule has 0 aliphatic heterocycles. The van der Waals surface area contributed by atoms with Crippen LogP contribution in [0.1, 0.15) is 46.5 Å². The predicted molar refractivity (Wildman–Crippen MR) is 119 cm³/mol. The SMILES string of the molecule is CC(C)(C)C(=O)N[C@@H]1CCC[C@H](Nc2nc(-c3c[nH]c4ncc(Cl)cc34)ncc2F)C1. The first kappa shape index (κ1) is 21.5. The van der Waals surface area contributed by atoms with E-state index in [1.54, 1.807) is 18.5 Å². The molecule has 1 aliphatic rings. The van der Waals surface area contributed by atoms with E-state index in [-0.39, 0.29) is 23.8 Å². The van der Waals surface area contributed by atoms with Crippen LogP contribution in [0, 0.1) is 11.2 Å². The molecule has 0 saturated heterocycles. The average molecular weight is 445 g/mol. The van der Waals surface area contributed by atoms with Gasteiger partial charge in [-0.05, 0) is 31.7 Å². The largest absolute Gasteiger partial charge is 0.365 e. The second kappa shape index (κ2) is 8.42. The molecule has 1 amide bonds. The summed E-state index contributed by atoms with van der Waals surface area (Å²) in [5.41, 5.74) is 0.920. The number of halogens is 2. The van der Waals surface area contributed by atoms with Gasteiger partial charge in [-0.2, -0.15) is 0 Å². The molecule has 0 aromatic carbocycles. The summed E-state index contributed by atoms with van der Waals surface area (Å²) < 4.78 is 14.5. The number of fused-ring (bicyclic) bond motifs is 1. The highest BCUT2D eigenvalue weighted by Gasteiger charge is 2.28. The van der Waals surface area contributed by atoms with Crippen molar-refractivity contribution in [1.82, 2.24) is 25.3 Å². The van der Waals surface area contributed by atoms with E-state index in [1.165, 1.54) is 6.20 Å². The number of hydrogen-bond acceptors (Lipinski definition) is 5. The minimum Gasteiger partial charge on any atom is -0.365 e. The van der Waals surface area contributed by atoms with Crippen molar-refractivity contribution in [2.45, 2.75) is 58.5 Å². The molecule has 0 radical (unpaired) electrons. The van der Waals surface area contributed by atoms with Gasteiger partial charge in [0.25, 0.3) is 0 Å². The summed E-state index contributed by atoms with van der Waals surface area (Å²) in [6, 6.07) is 1.85. The highest BCUT2D eigenvalue weighted by Crippen LogP contribution is 2.29. The molecule has 3 heterocycles. The summed E-state index contributed by atoms with van der Waals surface area (Å²) in [7, 11) is 0. The molecule has 31 heavy (non-hydrogen) atoms. The van der Waals surface area contributed by atoms with Gasteiger partial charge in [-0.15, -0.1) is 0 Å². The lowest BCUT2D eigenvalue weighted by Crippen LogP contribution is -2.45. The molecule has 3 aromatic heterocycles. The number of carbonyl (C=O) groups excluding carboxylic acids is 1. The van der Waals surface area contributed by atoms with Gasteiger partial charge >= 0.3 is 0 Å². The van der Waals surface area contributed by atoms with E-state index < -0.39 is 11.2 Å². The van der Waals surface area contributed by atoms with E-state index in [0.717, 1.165) is 24.6 Å². The van der Waals surface area contributed by atoms with Gasteiger partial charge in [-0.25, -0.2) is 19.3 Å². The zero-order chi connectivity index (χ0) is 22.2. The fraction of sp³-hybridized carbons (Fsp3) is 0.455. The number of nitrogens with zero attached hydrogens (tertiary/aromatic N) is 3. The van der Waals surface area contributed by atoms with Gasteiger partial charge in [-0.3, -0.25) is 4.79 Å². The number of pyridine rings is 1. The van der Waals surface area contributed by atoms with Crippen LogP contribution in [-0.4, -0.2) is 37.9 Å². The van der Waals surface area contributed by atoms with E-state index in [0.29, 0.717) is 28.5 Å². The van der Waals surface area contributed by atoms with E-state index >= 15 is 0 Å². The zero-order valence-electron chi connectivity index (χ0n) is 17.8. The monoisotopic (exact) mass is 444 g/mol.